The highest BCUT2D eigenvalue weighted by Crippen LogP contribution is 2.24. The summed E-state index contributed by atoms with van der Waals surface area (Å²) >= 11 is 1.51. The Labute approximate surface area is 121 Å². The average molecular weight is 288 g/mol. The van der Waals surface area contributed by atoms with Crippen LogP contribution in [0, 0.1) is 0 Å². The maximum absolute atomic E-state index is 12.5. The van der Waals surface area contributed by atoms with Crippen molar-refractivity contribution >= 4 is 17.2 Å². The number of aliphatic hydroxyl groups is 1. The molecule has 2 aromatic rings. The molecular formula is C15H16N2O2S. The summed E-state index contributed by atoms with van der Waals surface area (Å²) in [6.45, 7) is 0.617. The van der Waals surface area contributed by atoms with E-state index in [9.17, 15) is 9.90 Å². The first-order valence-corrected chi connectivity index (χ1v) is 7.60. The number of thiophene rings is 1. The number of carbonyl (C=O) groups is 1. The third-order valence-corrected chi connectivity index (χ3v) is 4.42. The summed E-state index contributed by atoms with van der Waals surface area (Å²) in [6.07, 6.45) is 4.33. The Morgan fingerprint density at radius 1 is 1.40 bits per heavy atom. The highest BCUT2D eigenvalue weighted by Gasteiger charge is 2.36. The zero-order chi connectivity index (χ0) is 13.9. The average Bonchev–Trinajstić information content (AvgIpc) is 3.11. The second-order valence-corrected chi connectivity index (χ2v) is 5.77. The van der Waals surface area contributed by atoms with E-state index in [0.29, 0.717) is 24.9 Å². The Bertz CT molecular complexity index is 571. The number of pyridine rings is 1. The van der Waals surface area contributed by atoms with Crippen LogP contribution in [0.15, 0.2) is 41.4 Å². The second kappa shape index (κ2) is 5.73. The van der Waals surface area contributed by atoms with E-state index in [-0.39, 0.29) is 11.9 Å². The van der Waals surface area contributed by atoms with Gasteiger partial charge in [-0.1, -0.05) is 0 Å². The van der Waals surface area contributed by atoms with Crippen molar-refractivity contribution < 1.29 is 9.90 Å². The molecular weight excluding hydrogens is 272 g/mol. The number of hydrogen-bond donors (Lipinski definition) is 1. The lowest BCUT2D eigenvalue weighted by atomic mass is 10.0. The predicted octanol–water partition coefficient (Wildman–Crippen LogP) is 1.96. The third kappa shape index (κ3) is 2.59. The van der Waals surface area contributed by atoms with E-state index >= 15 is 0 Å². The van der Waals surface area contributed by atoms with Crippen LogP contribution in [0.2, 0.25) is 0 Å². The normalized spacial score (nSPS) is 22.1. The molecule has 1 aliphatic rings. The quantitative estimate of drug-likeness (QED) is 0.939. The lowest BCUT2D eigenvalue weighted by Gasteiger charge is -2.26. The molecule has 1 saturated heterocycles. The highest BCUT2D eigenvalue weighted by atomic mass is 32.1. The van der Waals surface area contributed by atoms with Crippen molar-refractivity contribution in [1.29, 1.82) is 0 Å². The summed E-state index contributed by atoms with van der Waals surface area (Å²) in [6, 6.07) is 5.54. The minimum absolute atomic E-state index is 0.0156. The fourth-order valence-electron chi connectivity index (χ4n) is 2.65. The highest BCUT2D eigenvalue weighted by molar-refractivity contribution is 7.08. The predicted molar refractivity (Wildman–Crippen MR) is 77.7 cm³/mol. The molecule has 3 heterocycles. The van der Waals surface area contributed by atoms with E-state index in [1.165, 1.54) is 11.3 Å². The topological polar surface area (TPSA) is 53.4 Å². The van der Waals surface area contributed by atoms with E-state index in [0.717, 1.165) is 5.56 Å². The smallest absolute Gasteiger partial charge is 0.255 e. The number of amides is 1. The maximum Gasteiger partial charge on any atom is 0.255 e. The standard InChI is InChI=1S/C15H16N2O2S/c18-14-3-7-17(15(19)12-4-8-20-10-12)13(14)9-11-1-5-16-6-2-11/h1-2,4-6,8,10,13-14,18H,3,7,9H2/t13-,14-/m0/s1. The molecule has 5 heteroatoms. The van der Waals surface area contributed by atoms with Gasteiger partial charge in [0.1, 0.15) is 0 Å². The molecule has 3 rings (SSSR count). The van der Waals surface area contributed by atoms with Gasteiger partial charge in [-0.3, -0.25) is 9.78 Å². The van der Waals surface area contributed by atoms with Crippen LogP contribution < -0.4 is 0 Å². The zero-order valence-corrected chi connectivity index (χ0v) is 11.8. The van der Waals surface area contributed by atoms with Crippen LogP contribution in [0.1, 0.15) is 22.3 Å². The summed E-state index contributed by atoms with van der Waals surface area (Å²) in [5.74, 6) is 0.0156. The molecule has 1 fully saturated rings. The Morgan fingerprint density at radius 2 is 2.20 bits per heavy atom. The molecule has 1 amide bonds. The molecule has 20 heavy (non-hydrogen) atoms. The van der Waals surface area contributed by atoms with Crippen LogP contribution in [0.3, 0.4) is 0 Å². The molecule has 1 N–H and O–H groups in total. The van der Waals surface area contributed by atoms with Gasteiger partial charge in [-0.05, 0) is 42.0 Å². The second-order valence-electron chi connectivity index (χ2n) is 4.99. The molecule has 1 aliphatic heterocycles. The van der Waals surface area contributed by atoms with Gasteiger partial charge < -0.3 is 10.0 Å². The molecule has 2 aromatic heterocycles. The van der Waals surface area contributed by atoms with Crippen molar-refractivity contribution in [1.82, 2.24) is 9.88 Å². The van der Waals surface area contributed by atoms with Crippen molar-refractivity contribution in [3.63, 3.8) is 0 Å². The fourth-order valence-corrected chi connectivity index (χ4v) is 3.28. The van der Waals surface area contributed by atoms with E-state index in [1.54, 1.807) is 17.3 Å². The van der Waals surface area contributed by atoms with Crippen molar-refractivity contribution in [3.8, 4) is 0 Å². The van der Waals surface area contributed by atoms with E-state index < -0.39 is 6.10 Å². The largest absolute Gasteiger partial charge is 0.391 e. The van der Waals surface area contributed by atoms with E-state index in [2.05, 4.69) is 4.98 Å². The van der Waals surface area contributed by atoms with Gasteiger partial charge in [0.05, 0.1) is 17.7 Å². The minimum Gasteiger partial charge on any atom is -0.391 e. The number of hydrogen-bond acceptors (Lipinski definition) is 4. The molecule has 0 saturated carbocycles. The van der Waals surface area contributed by atoms with Crippen LogP contribution in [-0.4, -0.2) is 39.6 Å². The zero-order valence-electron chi connectivity index (χ0n) is 11.0. The third-order valence-electron chi connectivity index (χ3n) is 3.73. The van der Waals surface area contributed by atoms with Gasteiger partial charge >= 0.3 is 0 Å². The Hall–Kier alpha value is -1.72. The summed E-state index contributed by atoms with van der Waals surface area (Å²) in [7, 11) is 0. The molecule has 0 unspecified atom stereocenters. The Morgan fingerprint density at radius 3 is 2.90 bits per heavy atom. The number of aromatic nitrogens is 1. The minimum atomic E-state index is -0.453. The van der Waals surface area contributed by atoms with Crippen LogP contribution >= 0.6 is 11.3 Å². The van der Waals surface area contributed by atoms with Crippen LogP contribution in [-0.2, 0) is 6.42 Å². The summed E-state index contributed by atoms with van der Waals surface area (Å²) in [5, 5.41) is 13.9. The molecule has 0 radical (unpaired) electrons. The SMILES string of the molecule is O=C(c1ccsc1)N1CC[C@H](O)[C@@H]1Cc1ccncc1. The van der Waals surface area contributed by atoms with E-state index in [4.69, 9.17) is 0 Å². The van der Waals surface area contributed by atoms with Gasteiger partial charge in [0, 0.05) is 24.3 Å². The molecule has 0 aliphatic carbocycles. The van der Waals surface area contributed by atoms with Crippen molar-refractivity contribution in [3.05, 3.63) is 52.5 Å². The summed E-state index contributed by atoms with van der Waals surface area (Å²) in [5.41, 5.74) is 1.80. The number of carbonyl (C=O) groups excluding carboxylic acids is 1. The summed E-state index contributed by atoms with van der Waals surface area (Å²) in [4.78, 5) is 18.3. The molecule has 104 valence electrons. The first kappa shape index (κ1) is 13.3. The first-order valence-electron chi connectivity index (χ1n) is 6.66. The van der Waals surface area contributed by atoms with Gasteiger partial charge in [0.2, 0.25) is 0 Å². The molecule has 0 bridgehead atoms. The van der Waals surface area contributed by atoms with Crippen LogP contribution in [0.5, 0.6) is 0 Å². The molecule has 0 aromatic carbocycles. The Balaban J connectivity index is 1.78. The lowest BCUT2D eigenvalue weighted by Crippen LogP contribution is -2.41. The molecule has 4 nitrogen and oxygen atoms in total. The van der Waals surface area contributed by atoms with Gasteiger partial charge in [-0.2, -0.15) is 11.3 Å². The summed E-state index contributed by atoms with van der Waals surface area (Å²) < 4.78 is 0. The van der Waals surface area contributed by atoms with Gasteiger partial charge in [-0.25, -0.2) is 0 Å². The van der Waals surface area contributed by atoms with Gasteiger partial charge in [-0.15, -0.1) is 0 Å². The number of likely N-dealkylation sites (tertiary alicyclic amines) is 1. The van der Waals surface area contributed by atoms with E-state index in [1.807, 2.05) is 29.0 Å². The first-order chi connectivity index (χ1) is 9.75. The van der Waals surface area contributed by atoms with Gasteiger partial charge in [0.15, 0.2) is 0 Å². The monoisotopic (exact) mass is 288 g/mol. The fraction of sp³-hybridized carbons (Fsp3) is 0.333. The Kier molecular flexibility index (Phi) is 3.80. The number of aliphatic hydroxyl groups excluding tert-OH is 1. The van der Waals surface area contributed by atoms with Crippen molar-refractivity contribution in [2.75, 3.05) is 6.54 Å². The van der Waals surface area contributed by atoms with Crippen molar-refractivity contribution in [2.24, 2.45) is 0 Å². The maximum atomic E-state index is 12.5. The van der Waals surface area contributed by atoms with Gasteiger partial charge in [0.25, 0.3) is 5.91 Å². The lowest BCUT2D eigenvalue weighted by molar-refractivity contribution is 0.0640. The number of rotatable bonds is 3. The number of nitrogens with zero attached hydrogens (tertiary/aromatic N) is 2. The molecule has 2 atom stereocenters. The molecule has 0 spiro atoms. The van der Waals surface area contributed by atoms with Crippen LogP contribution in [0.4, 0.5) is 0 Å². The van der Waals surface area contributed by atoms with Crippen LogP contribution in [0.25, 0.3) is 0 Å². The van der Waals surface area contributed by atoms with Crippen molar-refractivity contribution in [2.45, 2.75) is 25.0 Å².